The Balaban J connectivity index is 1.81. The lowest BCUT2D eigenvalue weighted by atomic mass is 9.95. The van der Waals surface area contributed by atoms with Gasteiger partial charge in [0.15, 0.2) is 0 Å². The van der Waals surface area contributed by atoms with Gasteiger partial charge in [-0.2, -0.15) is 4.31 Å². The molecule has 0 unspecified atom stereocenters. The Morgan fingerprint density at radius 3 is 2.62 bits per heavy atom. The molecule has 0 saturated heterocycles. The van der Waals surface area contributed by atoms with Crippen LogP contribution in [0.3, 0.4) is 0 Å². The van der Waals surface area contributed by atoms with Gasteiger partial charge in [-0.05, 0) is 42.2 Å². The highest BCUT2D eigenvalue weighted by molar-refractivity contribution is 7.89. The van der Waals surface area contributed by atoms with Gasteiger partial charge in [0, 0.05) is 18.1 Å². The maximum atomic E-state index is 12.8. The number of carbonyl (C=O) groups is 1. The second-order valence-corrected chi connectivity index (χ2v) is 8.93. The molecule has 138 valence electrons. The molecule has 3 rings (SSSR count). The van der Waals surface area contributed by atoms with Gasteiger partial charge in [-0.3, -0.25) is 4.79 Å². The summed E-state index contributed by atoms with van der Waals surface area (Å²) in [5.74, 6) is -0.329. The molecule has 0 bridgehead atoms. The Morgan fingerprint density at radius 2 is 1.92 bits per heavy atom. The van der Waals surface area contributed by atoms with Gasteiger partial charge in [0.25, 0.3) is 0 Å². The van der Waals surface area contributed by atoms with Crippen LogP contribution < -0.4 is 5.32 Å². The van der Waals surface area contributed by atoms with Crippen molar-refractivity contribution in [3.8, 4) is 0 Å². The van der Waals surface area contributed by atoms with Gasteiger partial charge in [0.2, 0.25) is 15.9 Å². The minimum absolute atomic E-state index is 0.0345. The predicted molar refractivity (Wildman–Crippen MR) is 102 cm³/mol. The van der Waals surface area contributed by atoms with Crippen molar-refractivity contribution in [2.45, 2.75) is 32.5 Å². The molecule has 1 amide bonds. The molecule has 2 aromatic carbocycles. The molecule has 0 aromatic heterocycles. The quantitative estimate of drug-likeness (QED) is 0.850. The van der Waals surface area contributed by atoms with E-state index in [2.05, 4.69) is 5.32 Å². The van der Waals surface area contributed by atoms with Crippen LogP contribution >= 0.6 is 11.6 Å². The average molecular weight is 393 g/mol. The SMILES string of the molecule is CCS(=O)(=O)N1Cc2ccccc2C[C@H]1C(=O)NCc1cccc(Cl)c1. The van der Waals surface area contributed by atoms with E-state index in [1.54, 1.807) is 19.1 Å². The number of nitrogens with one attached hydrogen (secondary N) is 1. The zero-order chi connectivity index (χ0) is 18.7. The van der Waals surface area contributed by atoms with Gasteiger partial charge >= 0.3 is 0 Å². The van der Waals surface area contributed by atoms with E-state index < -0.39 is 16.1 Å². The molecule has 5 nitrogen and oxygen atoms in total. The van der Waals surface area contributed by atoms with Crippen LogP contribution in [0, 0.1) is 0 Å². The van der Waals surface area contributed by atoms with E-state index in [1.165, 1.54) is 4.31 Å². The lowest BCUT2D eigenvalue weighted by Crippen LogP contribution is -2.52. The number of hydrogen-bond acceptors (Lipinski definition) is 3. The topological polar surface area (TPSA) is 66.5 Å². The minimum Gasteiger partial charge on any atom is -0.351 e. The number of carbonyl (C=O) groups excluding carboxylic acids is 1. The predicted octanol–water partition coefficient (Wildman–Crippen LogP) is 2.73. The third kappa shape index (κ3) is 4.09. The van der Waals surface area contributed by atoms with Crippen molar-refractivity contribution in [1.82, 2.24) is 9.62 Å². The van der Waals surface area contributed by atoms with E-state index >= 15 is 0 Å². The van der Waals surface area contributed by atoms with Crippen LogP contribution in [0.4, 0.5) is 0 Å². The second-order valence-electron chi connectivity index (χ2n) is 6.28. The Hall–Kier alpha value is -1.89. The summed E-state index contributed by atoms with van der Waals surface area (Å²) in [5.41, 5.74) is 2.83. The molecular formula is C19H21ClN2O3S. The molecule has 26 heavy (non-hydrogen) atoms. The largest absolute Gasteiger partial charge is 0.351 e. The first-order chi connectivity index (χ1) is 12.4. The third-order valence-corrected chi connectivity index (χ3v) is 6.65. The molecule has 2 aromatic rings. The van der Waals surface area contributed by atoms with E-state index in [9.17, 15) is 13.2 Å². The number of amides is 1. The summed E-state index contributed by atoms with van der Waals surface area (Å²) in [7, 11) is -3.50. The number of hydrogen-bond donors (Lipinski definition) is 1. The van der Waals surface area contributed by atoms with Gasteiger partial charge in [-0.1, -0.05) is 48.0 Å². The standard InChI is InChI=1S/C19H21ClN2O3S/c1-2-26(24,25)22-13-16-8-4-3-7-15(16)11-18(22)19(23)21-12-14-6-5-9-17(20)10-14/h3-10,18H,2,11-13H2,1H3,(H,21,23)/t18-/m0/s1. The third-order valence-electron chi connectivity index (χ3n) is 4.59. The normalized spacial score (nSPS) is 17.5. The zero-order valence-electron chi connectivity index (χ0n) is 14.5. The Bertz CT molecular complexity index is 915. The highest BCUT2D eigenvalue weighted by atomic mass is 35.5. The van der Waals surface area contributed by atoms with Crippen LogP contribution in [-0.4, -0.2) is 30.4 Å². The number of fused-ring (bicyclic) bond motifs is 1. The van der Waals surface area contributed by atoms with Gasteiger partial charge in [-0.25, -0.2) is 8.42 Å². The van der Waals surface area contributed by atoms with Gasteiger partial charge < -0.3 is 5.32 Å². The van der Waals surface area contributed by atoms with Crippen LogP contribution in [0.2, 0.25) is 5.02 Å². The van der Waals surface area contributed by atoms with E-state index in [1.807, 2.05) is 36.4 Å². The number of benzene rings is 2. The molecule has 0 aliphatic carbocycles. The lowest BCUT2D eigenvalue weighted by molar-refractivity contribution is -0.125. The van der Waals surface area contributed by atoms with Crippen molar-refractivity contribution >= 4 is 27.5 Å². The first-order valence-corrected chi connectivity index (χ1v) is 10.5. The molecule has 0 spiro atoms. The number of nitrogens with zero attached hydrogens (tertiary/aromatic N) is 1. The molecule has 1 atom stereocenters. The fraction of sp³-hybridized carbons (Fsp3) is 0.316. The molecule has 7 heteroatoms. The Labute approximate surface area is 159 Å². The van der Waals surface area contributed by atoms with Crippen molar-refractivity contribution in [2.24, 2.45) is 0 Å². The summed E-state index contributed by atoms with van der Waals surface area (Å²) in [6.45, 7) is 2.12. The summed E-state index contributed by atoms with van der Waals surface area (Å²) < 4.78 is 26.4. The summed E-state index contributed by atoms with van der Waals surface area (Å²) in [4.78, 5) is 12.8. The summed E-state index contributed by atoms with van der Waals surface area (Å²) in [5, 5.41) is 3.45. The van der Waals surface area contributed by atoms with Crippen LogP contribution in [0.1, 0.15) is 23.6 Å². The van der Waals surface area contributed by atoms with Crippen LogP contribution in [0.5, 0.6) is 0 Å². The smallest absolute Gasteiger partial charge is 0.239 e. The lowest BCUT2D eigenvalue weighted by Gasteiger charge is -2.34. The second kappa shape index (κ2) is 7.78. The molecule has 1 N–H and O–H groups in total. The van der Waals surface area contributed by atoms with Crippen molar-refractivity contribution in [2.75, 3.05) is 5.75 Å². The Morgan fingerprint density at radius 1 is 1.19 bits per heavy atom. The summed E-state index contributed by atoms with van der Waals surface area (Å²) in [6, 6.07) is 14.1. The van der Waals surface area contributed by atoms with Gasteiger partial charge in [0.05, 0.1) is 5.75 Å². The van der Waals surface area contributed by atoms with E-state index in [4.69, 9.17) is 11.6 Å². The van der Waals surface area contributed by atoms with Gasteiger partial charge in [0.1, 0.15) is 6.04 Å². The maximum absolute atomic E-state index is 12.8. The summed E-state index contributed by atoms with van der Waals surface area (Å²) in [6.07, 6.45) is 0.372. The minimum atomic E-state index is -3.50. The number of rotatable bonds is 5. The van der Waals surface area contributed by atoms with Crippen LogP contribution in [0.25, 0.3) is 0 Å². The molecule has 1 aliphatic heterocycles. The number of halogens is 1. The maximum Gasteiger partial charge on any atom is 0.239 e. The zero-order valence-corrected chi connectivity index (χ0v) is 16.1. The van der Waals surface area contributed by atoms with Gasteiger partial charge in [-0.15, -0.1) is 0 Å². The highest BCUT2D eigenvalue weighted by Gasteiger charge is 2.37. The van der Waals surface area contributed by atoms with Crippen molar-refractivity contribution in [1.29, 1.82) is 0 Å². The molecule has 0 saturated carbocycles. The van der Waals surface area contributed by atoms with Crippen molar-refractivity contribution in [3.63, 3.8) is 0 Å². The first-order valence-electron chi connectivity index (χ1n) is 8.49. The Kier molecular flexibility index (Phi) is 5.65. The number of sulfonamides is 1. The molecule has 0 fully saturated rings. The van der Waals surface area contributed by atoms with E-state index in [-0.39, 0.29) is 18.2 Å². The van der Waals surface area contributed by atoms with E-state index in [0.29, 0.717) is 18.0 Å². The molecule has 1 aliphatic rings. The van der Waals surface area contributed by atoms with Crippen molar-refractivity contribution in [3.05, 3.63) is 70.2 Å². The molecule has 1 heterocycles. The highest BCUT2D eigenvalue weighted by Crippen LogP contribution is 2.26. The average Bonchev–Trinajstić information content (AvgIpc) is 2.65. The van der Waals surface area contributed by atoms with Crippen molar-refractivity contribution < 1.29 is 13.2 Å². The summed E-state index contributed by atoms with van der Waals surface area (Å²) >= 11 is 5.97. The fourth-order valence-electron chi connectivity index (χ4n) is 3.13. The molecular weight excluding hydrogens is 372 g/mol. The fourth-order valence-corrected chi connectivity index (χ4v) is 4.57. The first kappa shape index (κ1) is 18.9. The monoisotopic (exact) mass is 392 g/mol. The van der Waals surface area contributed by atoms with Crippen LogP contribution in [0.15, 0.2) is 48.5 Å². The van der Waals surface area contributed by atoms with Crippen LogP contribution in [-0.2, 0) is 34.3 Å². The van der Waals surface area contributed by atoms with E-state index in [0.717, 1.165) is 16.7 Å². The molecule has 0 radical (unpaired) electrons.